The minimum absolute atomic E-state index is 0.218. The fraction of sp³-hybridized carbons (Fsp3) is 0.167. The van der Waals surface area contributed by atoms with Crippen molar-refractivity contribution in [2.75, 3.05) is 13.2 Å². The van der Waals surface area contributed by atoms with Crippen LogP contribution in [0.4, 0.5) is 0 Å². The van der Waals surface area contributed by atoms with Crippen molar-refractivity contribution in [3.05, 3.63) is 114 Å². The van der Waals surface area contributed by atoms with E-state index in [1.807, 2.05) is 72.8 Å². The highest BCUT2D eigenvalue weighted by molar-refractivity contribution is 5.45. The topological polar surface area (TPSA) is 53.0 Å². The van der Waals surface area contributed by atoms with E-state index in [4.69, 9.17) is 14.9 Å². The van der Waals surface area contributed by atoms with E-state index in [2.05, 4.69) is 18.7 Å². The number of rotatable bonds is 4. The quantitative estimate of drug-likeness (QED) is 0.656. The van der Waals surface area contributed by atoms with E-state index in [0.717, 1.165) is 12.2 Å². The average Bonchev–Trinajstić information content (AvgIpc) is 3.61. The van der Waals surface area contributed by atoms with Gasteiger partial charge in [-0.15, -0.1) is 0 Å². The molecule has 0 amide bonds. The number of aliphatic hydroxyl groups is 2. The number of epoxide rings is 1. The standard InChI is InChI=1S/C8H10O2.C8H8O.C8H8/c9-6-8(10)7-4-2-1-3-5-7;1-2-4-7(5-3-1)8-6-9-8;1-2-8-6-4-3-5-7-8/h1-5,8-10H,6H2;1-5,8H,6H2;2-7H,1H2/t2*8-;/m11./s1. The average molecular weight is 362 g/mol. The van der Waals surface area contributed by atoms with Gasteiger partial charge in [-0.05, 0) is 16.7 Å². The SMILES string of the molecule is C=Cc1ccccc1.OC[C@@H](O)c1ccccc1.c1ccc([C@H]2CO2)cc1. The molecule has 1 fully saturated rings. The molecule has 2 N–H and O–H groups in total. The molecule has 0 aromatic heterocycles. The monoisotopic (exact) mass is 362 g/mol. The zero-order valence-electron chi connectivity index (χ0n) is 15.3. The van der Waals surface area contributed by atoms with Crippen molar-refractivity contribution in [3.8, 4) is 0 Å². The minimum atomic E-state index is -0.735. The molecule has 0 bridgehead atoms. The van der Waals surface area contributed by atoms with Gasteiger partial charge in [-0.3, -0.25) is 0 Å². The number of benzene rings is 3. The normalized spacial score (nSPS) is 15.3. The molecule has 3 heteroatoms. The predicted octanol–water partition coefficient (Wildman–Crippen LogP) is 4.80. The summed E-state index contributed by atoms with van der Waals surface area (Å²) in [4.78, 5) is 0. The maximum absolute atomic E-state index is 9.08. The maximum Gasteiger partial charge on any atom is 0.106 e. The van der Waals surface area contributed by atoms with Crippen LogP contribution in [0.15, 0.2) is 97.6 Å². The molecule has 0 aliphatic carbocycles. The summed E-state index contributed by atoms with van der Waals surface area (Å²) >= 11 is 0. The van der Waals surface area contributed by atoms with Crippen LogP contribution < -0.4 is 0 Å². The van der Waals surface area contributed by atoms with E-state index >= 15 is 0 Å². The Morgan fingerprint density at radius 2 is 1.37 bits per heavy atom. The summed E-state index contributed by atoms with van der Waals surface area (Å²) in [5, 5.41) is 17.6. The van der Waals surface area contributed by atoms with E-state index in [1.54, 1.807) is 12.1 Å². The largest absolute Gasteiger partial charge is 0.393 e. The van der Waals surface area contributed by atoms with Crippen LogP contribution in [0.1, 0.15) is 28.9 Å². The van der Waals surface area contributed by atoms with Gasteiger partial charge >= 0.3 is 0 Å². The van der Waals surface area contributed by atoms with Gasteiger partial charge in [0.15, 0.2) is 0 Å². The van der Waals surface area contributed by atoms with E-state index in [0.29, 0.717) is 6.10 Å². The van der Waals surface area contributed by atoms with Gasteiger partial charge < -0.3 is 14.9 Å². The number of hydrogen-bond acceptors (Lipinski definition) is 3. The lowest BCUT2D eigenvalue weighted by molar-refractivity contribution is 0.0956. The van der Waals surface area contributed by atoms with Crippen molar-refractivity contribution in [2.45, 2.75) is 12.2 Å². The summed E-state index contributed by atoms with van der Waals surface area (Å²) in [6, 6.07) is 29.4. The smallest absolute Gasteiger partial charge is 0.106 e. The van der Waals surface area contributed by atoms with Gasteiger partial charge in [0.25, 0.3) is 0 Å². The molecule has 1 aliphatic rings. The molecule has 0 radical (unpaired) electrons. The van der Waals surface area contributed by atoms with Crippen LogP contribution in [-0.2, 0) is 4.74 Å². The summed E-state index contributed by atoms with van der Waals surface area (Å²) < 4.78 is 5.09. The van der Waals surface area contributed by atoms with Crippen LogP contribution in [0.5, 0.6) is 0 Å². The third kappa shape index (κ3) is 8.01. The molecule has 3 aromatic carbocycles. The first-order chi connectivity index (χ1) is 13.2. The number of ether oxygens (including phenoxy) is 1. The van der Waals surface area contributed by atoms with Crippen molar-refractivity contribution in [2.24, 2.45) is 0 Å². The van der Waals surface area contributed by atoms with Gasteiger partial charge in [0.2, 0.25) is 0 Å². The second kappa shape index (κ2) is 11.8. The van der Waals surface area contributed by atoms with E-state index in [-0.39, 0.29) is 6.61 Å². The van der Waals surface area contributed by atoms with Gasteiger partial charge in [0.05, 0.1) is 13.2 Å². The van der Waals surface area contributed by atoms with E-state index < -0.39 is 6.10 Å². The summed E-state index contributed by atoms with van der Waals surface area (Å²) in [6.07, 6.45) is 1.51. The lowest BCUT2D eigenvalue weighted by atomic mass is 10.1. The summed E-state index contributed by atoms with van der Waals surface area (Å²) in [6.45, 7) is 4.32. The Hall–Kier alpha value is -2.72. The Bertz CT molecular complexity index is 753. The van der Waals surface area contributed by atoms with Crippen molar-refractivity contribution in [3.63, 3.8) is 0 Å². The van der Waals surface area contributed by atoms with Crippen LogP contribution in [0.3, 0.4) is 0 Å². The summed E-state index contributed by atoms with van der Waals surface area (Å²) in [5.74, 6) is 0. The zero-order chi connectivity index (χ0) is 19.3. The van der Waals surface area contributed by atoms with Gasteiger partial charge in [-0.2, -0.15) is 0 Å². The Morgan fingerprint density at radius 1 is 0.889 bits per heavy atom. The highest BCUT2D eigenvalue weighted by Gasteiger charge is 2.23. The fourth-order valence-corrected chi connectivity index (χ4v) is 2.28. The summed E-state index contributed by atoms with van der Waals surface area (Å²) in [7, 11) is 0. The first-order valence-corrected chi connectivity index (χ1v) is 8.92. The van der Waals surface area contributed by atoms with Crippen molar-refractivity contribution in [1.29, 1.82) is 0 Å². The first kappa shape index (κ1) is 20.6. The van der Waals surface area contributed by atoms with Gasteiger partial charge in [0, 0.05) is 0 Å². The first-order valence-electron chi connectivity index (χ1n) is 8.92. The lowest BCUT2D eigenvalue weighted by Crippen LogP contribution is -2.01. The van der Waals surface area contributed by atoms with Crippen molar-refractivity contribution >= 4 is 6.08 Å². The molecule has 27 heavy (non-hydrogen) atoms. The molecule has 1 aliphatic heterocycles. The Labute approximate surface area is 161 Å². The van der Waals surface area contributed by atoms with Crippen LogP contribution in [0, 0.1) is 0 Å². The molecule has 4 rings (SSSR count). The van der Waals surface area contributed by atoms with E-state index in [9.17, 15) is 0 Å². The third-order valence-corrected chi connectivity index (χ3v) is 3.90. The Morgan fingerprint density at radius 3 is 1.78 bits per heavy atom. The van der Waals surface area contributed by atoms with Crippen LogP contribution >= 0.6 is 0 Å². The third-order valence-electron chi connectivity index (χ3n) is 3.90. The Balaban J connectivity index is 0.000000146. The van der Waals surface area contributed by atoms with Crippen LogP contribution in [-0.4, -0.2) is 23.4 Å². The van der Waals surface area contributed by atoms with Crippen LogP contribution in [0.25, 0.3) is 6.08 Å². The maximum atomic E-state index is 9.08. The molecule has 0 saturated carbocycles. The van der Waals surface area contributed by atoms with Gasteiger partial charge in [-0.25, -0.2) is 0 Å². The lowest BCUT2D eigenvalue weighted by Gasteiger charge is -2.05. The molecule has 0 unspecified atom stereocenters. The molecule has 3 aromatic rings. The minimum Gasteiger partial charge on any atom is -0.393 e. The molecule has 1 saturated heterocycles. The van der Waals surface area contributed by atoms with Gasteiger partial charge in [-0.1, -0.05) is 104 Å². The fourth-order valence-electron chi connectivity index (χ4n) is 2.28. The molecule has 1 heterocycles. The predicted molar refractivity (Wildman–Crippen MR) is 110 cm³/mol. The highest BCUT2D eigenvalue weighted by Crippen LogP contribution is 2.28. The second-order valence-electron chi connectivity index (χ2n) is 5.96. The molecule has 140 valence electrons. The second-order valence-corrected chi connectivity index (χ2v) is 5.96. The Kier molecular flexibility index (Phi) is 9.01. The van der Waals surface area contributed by atoms with Crippen molar-refractivity contribution < 1.29 is 14.9 Å². The van der Waals surface area contributed by atoms with Crippen molar-refractivity contribution in [1.82, 2.24) is 0 Å². The zero-order valence-corrected chi connectivity index (χ0v) is 15.3. The van der Waals surface area contributed by atoms with Gasteiger partial charge in [0.1, 0.15) is 12.2 Å². The van der Waals surface area contributed by atoms with Crippen LogP contribution in [0.2, 0.25) is 0 Å². The molecule has 2 atom stereocenters. The number of hydrogen-bond donors (Lipinski definition) is 2. The molecule has 3 nitrogen and oxygen atoms in total. The molecular weight excluding hydrogens is 336 g/mol. The highest BCUT2D eigenvalue weighted by atomic mass is 16.6. The number of aliphatic hydroxyl groups excluding tert-OH is 2. The van der Waals surface area contributed by atoms with E-state index in [1.165, 1.54) is 11.1 Å². The summed E-state index contributed by atoms with van der Waals surface area (Å²) in [5.41, 5.74) is 3.23. The molecule has 0 spiro atoms. The molecular formula is C24H26O3.